The maximum absolute atomic E-state index is 4.70. The molecule has 1 aliphatic rings. The van der Waals surface area contributed by atoms with Crippen molar-refractivity contribution < 1.29 is 0 Å². The highest BCUT2D eigenvalue weighted by Gasteiger charge is 2.21. The van der Waals surface area contributed by atoms with Crippen molar-refractivity contribution in [1.82, 2.24) is 14.9 Å². The number of nitrogens with zero attached hydrogens (tertiary/aromatic N) is 3. The van der Waals surface area contributed by atoms with Crippen LogP contribution in [0.15, 0.2) is 6.20 Å². The summed E-state index contributed by atoms with van der Waals surface area (Å²) in [6.07, 6.45) is 8.74. The van der Waals surface area contributed by atoms with Crippen LogP contribution >= 0.6 is 0 Å². The summed E-state index contributed by atoms with van der Waals surface area (Å²) in [5.41, 5.74) is 1.14. The minimum Gasteiger partial charge on any atom is -0.345 e. The van der Waals surface area contributed by atoms with E-state index in [1.165, 1.54) is 25.7 Å². The topological polar surface area (TPSA) is 33.1 Å². The lowest BCUT2D eigenvalue weighted by molar-refractivity contribution is 0.514. The molecule has 1 fully saturated rings. The molecule has 0 aliphatic heterocycles. The molecular formula is C14H26N4. The van der Waals surface area contributed by atoms with Crippen molar-refractivity contribution in [3.05, 3.63) is 11.9 Å². The van der Waals surface area contributed by atoms with Crippen molar-refractivity contribution in [2.45, 2.75) is 45.1 Å². The van der Waals surface area contributed by atoms with Crippen molar-refractivity contribution in [2.24, 2.45) is 0 Å². The van der Waals surface area contributed by atoms with Crippen LogP contribution < -0.4 is 10.2 Å². The summed E-state index contributed by atoms with van der Waals surface area (Å²) in [6.45, 7) is 4.22. The van der Waals surface area contributed by atoms with Crippen molar-refractivity contribution >= 4 is 5.95 Å². The van der Waals surface area contributed by atoms with Crippen LogP contribution in [0.4, 0.5) is 5.95 Å². The lowest BCUT2D eigenvalue weighted by Gasteiger charge is -2.22. The molecule has 102 valence electrons. The smallest absolute Gasteiger partial charge is 0.205 e. The first kappa shape index (κ1) is 13.4. The van der Waals surface area contributed by atoms with Crippen LogP contribution in [0.3, 0.4) is 0 Å². The Hall–Kier alpha value is -1.03. The molecule has 4 heteroatoms. The molecule has 1 aliphatic carbocycles. The van der Waals surface area contributed by atoms with Gasteiger partial charge in [0.2, 0.25) is 5.95 Å². The van der Waals surface area contributed by atoms with E-state index in [0.717, 1.165) is 31.2 Å². The number of rotatable bonds is 6. The van der Waals surface area contributed by atoms with Gasteiger partial charge in [-0.15, -0.1) is 0 Å². The van der Waals surface area contributed by atoms with Gasteiger partial charge in [-0.05, 0) is 39.8 Å². The molecule has 18 heavy (non-hydrogen) atoms. The summed E-state index contributed by atoms with van der Waals surface area (Å²) < 4.78 is 2.40. The molecule has 1 N–H and O–H groups in total. The third kappa shape index (κ3) is 3.05. The van der Waals surface area contributed by atoms with Gasteiger partial charge in [-0.3, -0.25) is 0 Å². The average molecular weight is 250 g/mol. The highest BCUT2D eigenvalue weighted by atomic mass is 15.3. The number of nitrogens with one attached hydrogen (secondary N) is 1. The summed E-state index contributed by atoms with van der Waals surface area (Å²) >= 11 is 0. The summed E-state index contributed by atoms with van der Waals surface area (Å²) in [4.78, 5) is 7.00. The van der Waals surface area contributed by atoms with Gasteiger partial charge in [0.15, 0.2) is 0 Å². The zero-order valence-electron chi connectivity index (χ0n) is 11.9. The Labute approximate surface area is 110 Å². The third-order valence-electron chi connectivity index (χ3n) is 3.81. The molecule has 1 aromatic heterocycles. The van der Waals surface area contributed by atoms with Gasteiger partial charge in [0, 0.05) is 25.8 Å². The van der Waals surface area contributed by atoms with Gasteiger partial charge in [-0.25, -0.2) is 4.98 Å². The number of aromatic nitrogens is 2. The van der Waals surface area contributed by atoms with E-state index in [2.05, 4.69) is 35.0 Å². The Morgan fingerprint density at radius 2 is 2.17 bits per heavy atom. The molecule has 0 atom stereocenters. The minimum absolute atomic E-state index is 0.674. The van der Waals surface area contributed by atoms with E-state index in [4.69, 9.17) is 4.98 Å². The molecule has 0 saturated heterocycles. The van der Waals surface area contributed by atoms with E-state index >= 15 is 0 Å². The van der Waals surface area contributed by atoms with Gasteiger partial charge >= 0.3 is 0 Å². The van der Waals surface area contributed by atoms with Crippen molar-refractivity contribution in [3.8, 4) is 0 Å². The third-order valence-corrected chi connectivity index (χ3v) is 3.81. The largest absolute Gasteiger partial charge is 0.345 e. The van der Waals surface area contributed by atoms with Crippen LogP contribution in [0.1, 0.15) is 43.8 Å². The second kappa shape index (κ2) is 6.23. The fourth-order valence-corrected chi connectivity index (χ4v) is 2.83. The van der Waals surface area contributed by atoms with Gasteiger partial charge in [-0.2, -0.15) is 0 Å². The molecular weight excluding hydrogens is 224 g/mol. The van der Waals surface area contributed by atoms with E-state index in [1.54, 1.807) is 0 Å². The summed E-state index contributed by atoms with van der Waals surface area (Å²) in [5, 5.41) is 3.20. The normalized spacial score (nSPS) is 16.4. The number of aryl methyl sites for hydroxylation is 1. The van der Waals surface area contributed by atoms with Crippen LogP contribution in [0.25, 0.3) is 0 Å². The van der Waals surface area contributed by atoms with E-state index in [-0.39, 0.29) is 0 Å². The molecule has 0 radical (unpaired) electrons. The molecule has 4 nitrogen and oxygen atoms in total. The molecule has 0 unspecified atom stereocenters. The van der Waals surface area contributed by atoms with Gasteiger partial charge in [0.1, 0.15) is 0 Å². The van der Waals surface area contributed by atoms with E-state index in [1.807, 2.05) is 7.05 Å². The Morgan fingerprint density at radius 3 is 2.83 bits per heavy atom. The molecule has 1 heterocycles. The number of hydrogen-bond acceptors (Lipinski definition) is 3. The van der Waals surface area contributed by atoms with Crippen LogP contribution in [-0.4, -0.2) is 36.7 Å². The fraction of sp³-hybridized carbons (Fsp3) is 0.786. The Kier molecular flexibility index (Phi) is 4.64. The lowest BCUT2D eigenvalue weighted by atomic mass is 10.2. The van der Waals surface area contributed by atoms with Crippen LogP contribution in [0.5, 0.6) is 0 Å². The first-order valence-corrected chi connectivity index (χ1v) is 7.13. The molecule has 0 amide bonds. The SMILES string of the molecule is CNCCCN(C)c1nc(C)cn1C1CCCC1. The molecule has 1 saturated carbocycles. The first-order chi connectivity index (χ1) is 8.72. The maximum Gasteiger partial charge on any atom is 0.205 e. The van der Waals surface area contributed by atoms with Crippen molar-refractivity contribution in [3.63, 3.8) is 0 Å². The predicted molar refractivity (Wildman–Crippen MR) is 76.3 cm³/mol. The van der Waals surface area contributed by atoms with Crippen LogP contribution in [0.2, 0.25) is 0 Å². The number of anilines is 1. The molecule has 1 aromatic rings. The first-order valence-electron chi connectivity index (χ1n) is 7.13. The maximum atomic E-state index is 4.70. The molecule has 0 spiro atoms. The van der Waals surface area contributed by atoms with Gasteiger partial charge in [0.05, 0.1) is 5.69 Å². The lowest BCUT2D eigenvalue weighted by Crippen LogP contribution is -2.25. The molecule has 0 aromatic carbocycles. The monoisotopic (exact) mass is 250 g/mol. The zero-order chi connectivity index (χ0) is 13.0. The van der Waals surface area contributed by atoms with Crippen LogP contribution in [0, 0.1) is 6.92 Å². The van der Waals surface area contributed by atoms with Gasteiger partial charge in [0.25, 0.3) is 0 Å². The van der Waals surface area contributed by atoms with Gasteiger partial charge < -0.3 is 14.8 Å². The van der Waals surface area contributed by atoms with E-state index in [9.17, 15) is 0 Å². The highest BCUT2D eigenvalue weighted by molar-refractivity contribution is 5.33. The number of imidazole rings is 1. The zero-order valence-corrected chi connectivity index (χ0v) is 11.9. The fourth-order valence-electron chi connectivity index (χ4n) is 2.83. The summed E-state index contributed by atoms with van der Waals surface area (Å²) in [5.74, 6) is 1.15. The number of hydrogen-bond donors (Lipinski definition) is 1. The quantitative estimate of drug-likeness (QED) is 0.787. The van der Waals surface area contributed by atoms with Crippen LogP contribution in [-0.2, 0) is 0 Å². The van der Waals surface area contributed by atoms with Crippen molar-refractivity contribution in [1.29, 1.82) is 0 Å². The molecule has 2 rings (SSSR count). The van der Waals surface area contributed by atoms with E-state index < -0.39 is 0 Å². The predicted octanol–water partition coefficient (Wildman–Crippen LogP) is 2.35. The summed E-state index contributed by atoms with van der Waals surface area (Å²) in [7, 11) is 4.16. The van der Waals surface area contributed by atoms with Crippen molar-refractivity contribution in [2.75, 3.05) is 32.1 Å². The highest BCUT2D eigenvalue weighted by Crippen LogP contribution is 2.32. The minimum atomic E-state index is 0.674. The Bertz CT molecular complexity index is 366. The Balaban J connectivity index is 2.05. The Morgan fingerprint density at radius 1 is 1.44 bits per heavy atom. The van der Waals surface area contributed by atoms with E-state index in [0.29, 0.717) is 6.04 Å². The standard InChI is InChI=1S/C14H26N4/c1-12-11-18(13-7-4-5-8-13)14(16-12)17(3)10-6-9-15-2/h11,13,15H,4-10H2,1-3H3. The second-order valence-electron chi connectivity index (χ2n) is 5.41. The average Bonchev–Trinajstić information content (AvgIpc) is 2.97. The van der Waals surface area contributed by atoms with Gasteiger partial charge in [-0.1, -0.05) is 12.8 Å². The molecule has 0 bridgehead atoms. The summed E-state index contributed by atoms with van der Waals surface area (Å²) in [6, 6.07) is 0.674. The second-order valence-corrected chi connectivity index (χ2v) is 5.41.